The number of hydrogen-bond donors (Lipinski definition) is 1. The van der Waals surface area contributed by atoms with Gasteiger partial charge < -0.3 is 5.11 Å². The molecule has 0 saturated carbocycles. The van der Waals surface area contributed by atoms with E-state index in [1.54, 1.807) is 6.92 Å². The summed E-state index contributed by atoms with van der Waals surface area (Å²) in [7, 11) is 0. The molecule has 1 rings (SSSR count). The zero-order valence-electron chi connectivity index (χ0n) is 10.4. The average Bonchev–Trinajstić information content (AvgIpc) is 2.73. The van der Waals surface area contributed by atoms with Gasteiger partial charge in [-0.25, -0.2) is 4.39 Å². The van der Waals surface area contributed by atoms with Crippen molar-refractivity contribution < 1.29 is 14.3 Å². The Bertz CT molecular complexity index is 533. The van der Waals surface area contributed by atoms with Crippen molar-refractivity contribution in [3.63, 3.8) is 0 Å². The van der Waals surface area contributed by atoms with Crippen molar-refractivity contribution in [1.29, 1.82) is 0 Å². The molecule has 0 saturated heterocycles. The van der Waals surface area contributed by atoms with Crippen LogP contribution in [-0.2, 0) is 4.79 Å². The zero-order valence-corrected chi connectivity index (χ0v) is 12.8. The molecule has 1 N–H and O–H groups in total. The van der Waals surface area contributed by atoms with Crippen molar-refractivity contribution in [1.82, 2.24) is 0 Å². The Labute approximate surface area is 124 Å². The minimum atomic E-state index is -0.938. The summed E-state index contributed by atoms with van der Waals surface area (Å²) in [6.07, 6.45) is 2.70. The first-order valence-corrected chi connectivity index (χ1v) is 7.14. The van der Waals surface area contributed by atoms with Gasteiger partial charge in [-0.3, -0.25) is 4.79 Å². The molecule has 2 nitrogen and oxygen atoms in total. The number of carbonyl (C=O) groups is 1. The molecule has 1 heterocycles. The van der Waals surface area contributed by atoms with Gasteiger partial charge in [0.2, 0.25) is 0 Å². The van der Waals surface area contributed by atoms with Crippen LogP contribution in [0.5, 0.6) is 0 Å². The molecule has 0 amide bonds. The number of carboxylic acid groups (broad SMARTS) is 1. The van der Waals surface area contributed by atoms with Gasteiger partial charge in [-0.2, -0.15) is 0 Å². The van der Waals surface area contributed by atoms with Crippen molar-refractivity contribution in [2.45, 2.75) is 12.8 Å². The summed E-state index contributed by atoms with van der Waals surface area (Å²) in [5.41, 5.74) is 0.511. The van der Waals surface area contributed by atoms with Gasteiger partial charge >= 0.3 is 5.97 Å². The number of carboxylic acids is 1. The molecule has 0 bridgehead atoms. The van der Waals surface area contributed by atoms with E-state index < -0.39 is 23.6 Å². The van der Waals surface area contributed by atoms with E-state index in [1.165, 1.54) is 23.5 Å². The number of aliphatic carboxylic acids is 1. The average molecular weight is 345 g/mol. The van der Waals surface area contributed by atoms with Crippen LogP contribution in [0.4, 0.5) is 4.39 Å². The van der Waals surface area contributed by atoms with Gasteiger partial charge in [0.15, 0.2) is 0 Å². The zero-order chi connectivity index (χ0) is 14.6. The van der Waals surface area contributed by atoms with Crippen LogP contribution in [0.3, 0.4) is 0 Å². The highest BCUT2D eigenvalue weighted by atomic mass is 79.9. The topological polar surface area (TPSA) is 37.3 Å². The molecule has 0 aliphatic carbocycles. The normalized spacial score (nSPS) is 14.8. The van der Waals surface area contributed by atoms with Gasteiger partial charge in [-0.1, -0.05) is 26.2 Å². The number of rotatable bonds is 6. The Morgan fingerprint density at radius 3 is 2.58 bits per heavy atom. The highest BCUT2D eigenvalue weighted by Gasteiger charge is 2.28. The van der Waals surface area contributed by atoms with E-state index in [-0.39, 0.29) is 0 Å². The third kappa shape index (κ3) is 4.14. The Morgan fingerprint density at radius 2 is 2.21 bits per heavy atom. The second kappa shape index (κ2) is 6.82. The minimum absolute atomic E-state index is 0.446. The predicted molar refractivity (Wildman–Crippen MR) is 80.1 cm³/mol. The fraction of sp³-hybridized carbons (Fsp3) is 0.214. The molecule has 0 aliphatic heterocycles. The molecule has 1 aromatic rings. The van der Waals surface area contributed by atoms with E-state index in [1.807, 2.05) is 12.1 Å². The van der Waals surface area contributed by atoms with Crippen molar-refractivity contribution in [2.75, 3.05) is 0 Å². The van der Waals surface area contributed by atoms with E-state index in [0.717, 1.165) is 8.66 Å². The van der Waals surface area contributed by atoms with Crippen LogP contribution in [0.15, 0.2) is 52.6 Å². The van der Waals surface area contributed by atoms with Crippen LogP contribution >= 0.6 is 27.3 Å². The van der Waals surface area contributed by atoms with Crippen LogP contribution in [0, 0.1) is 5.92 Å². The van der Waals surface area contributed by atoms with Crippen LogP contribution in [-0.4, -0.2) is 11.1 Å². The fourth-order valence-corrected chi connectivity index (χ4v) is 3.45. The summed E-state index contributed by atoms with van der Waals surface area (Å²) in [6, 6.07) is 3.67. The van der Waals surface area contributed by atoms with Crippen LogP contribution in [0.1, 0.15) is 17.7 Å². The van der Waals surface area contributed by atoms with Gasteiger partial charge in [0.25, 0.3) is 0 Å². The lowest BCUT2D eigenvalue weighted by atomic mass is 9.85. The molecule has 1 aromatic heterocycles. The third-order valence-corrected chi connectivity index (χ3v) is 4.41. The molecule has 19 heavy (non-hydrogen) atoms. The predicted octanol–water partition coefficient (Wildman–Crippen LogP) is 4.91. The summed E-state index contributed by atoms with van der Waals surface area (Å²) < 4.78 is 13.9. The highest BCUT2D eigenvalue weighted by molar-refractivity contribution is 9.11. The van der Waals surface area contributed by atoms with Gasteiger partial charge in [0, 0.05) is 10.8 Å². The van der Waals surface area contributed by atoms with E-state index >= 15 is 0 Å². The van der Waals surface area contributed by atoms with Crippen molar-refractivity contribution in [3.8, 4) is 0 Å². The molecule has 0 aromatic carbocycles. The lowest BCUT2D eigenvalue weighted by Crippen LogP contribution is -2.19. The smallest absolute Gasteiger partial charge is 0.307 e. The maximum absolute atomic E-state index is 13.0. The molecule has 0 fully saturated rings. The molecular weight excluding hydrogens is 331 g/mol. The maximum atomic E-state index is 13.0. The Balaban J connectivity index is 3.30. The molecule has 0 radical (unpaired) electrons. The van der Waals surface area contributed by atoms with Crippen LogP contribution in [0.2, 0.25) is 0 Å². The number of hydrogen-bond acceptors (Lipinski definition) is 2. The number of allylic oxidation sites excluding steroid dienone is 4. The van der Waals surface area contributed by atoms with Gasteiger partial charge in [-0.15, -0.1) is 11.3 Å². The first-order chi connectivity index (χ1) is 8.86. The largest absolute Gasteiger partial charge is 0.481 e. The highest BCUT2D eigenvalue weighted by Crippen LogP contribution is 2.38. The summed E-state index contributed by atoms with van der Waals surface area (Å²) >= 11 is 4.77. The fourth-order valence-electron chi connectivity index (χ4n) is 1.79. The van der Waals surface area contributed by atoms with E-state index in [0.29, 0.717) is 5.57 Å². The number of halogens is 2. The van der Waals surface area contributed by atoms with Crippen molar-refractivity contribution >= 4 is 33.2 Å². The third-order valence-electron chi connectivity index (χ3n) is 2.71. The molecule has 5 heteroatoms. The quantitative estimate of drug-likeness (QED) is 0.744. The van der Waals surface area contributed by atoms with E-state index in [4.69, 9.17) is 0 Å². The summed E-state index contributed by atoms with van der Waals surface area (Å²) in [5, 5.41) is 9.21. The summed E-state index contributed by atoms with van der Waals surface area (Å²) in [6.45, 7) is 8.41. The summed E-state index contributed by atoms with van der Waals surface area (Å²) in [5.74, 6) is -2.69. The molecule has 0 aliphatic rings. The van der Waals surface area contributed by atoms with E-state index in [2.05, 4.69) is 29.1 Å². The minimum Gasteiger partial charge on any atom is -0.481 e. The first kappa shape index (κ1) is 15.9. The molecular formula is C14H14BrFO2S. The number of thiophene rings is 1. The Kier molecular flexibility index (Phi) is 5.69. The van der Waals surface area contributed by atoms with Crippen LogP contribution in [0.25, 0.3) is 0 Å². The van der Waals surface area contributed by atoms with Gasteiger partial charge in [-0.05, 0) is 39.7 Å². The lowest BCUT2D eigenvalue weighted by molar-refractivity contribution is -0.141. The van der Waals surface area contributed by atoms with Gasteiger partial charge in [0.1, 0.15) is 5.83 Å². The SMILES string of the molecule is C=C/C(=C\C(=C)F)C(c1ccc(Br)s1)[C@H](C)C(=O)O. The van der Waals surface area contributed by atoms with Crippen LogP contribution < -0.4 is 0 Å². The Morgan fingerprint density at radius 1 is 1.58 bits per heavy atom. The second-order valence-electron chi connectivity index (χ2n) is 4.04. The standard InChI is InChI=1S/C14H14BrFO2S/c1-4-10(7-8(2)16)13(9(3)14(17)18)11-5-6-12(15)19-11/h4-7,9,13H,1-2H2,3H3,(H,17,18)/b10-7+/t9-,13?/m0/s1. The Hall–Kier alpha value is -1.20. The second-order valence-corrected chi connectivity index (χ2v) is 6.54. The van der Waals surface area contributed by atoms with Gasteiger partial charge in [0.05, 0.1) is 9.70 Å². The lowest BCUT2D eigenvalue weighted by Gasteiger charge is -2.21. The van der Waals surface area contributed by atoms with E-state index in [9.17, 15) is 14.3 Å². The molecule has 1 unspecified atom stereocenters. The van der Waals surface area contributed by atoms with Crippen molar-refractivity contribution in [2.24, 2.45) is 5.92 Å². The maximum Gasteiger partial charge on any atom is 0.307 e. The molecule has 2 atom stereocenters. The summed E-state index contributed by atoms with van der Waals surface area (Å²) in [4.78, 5) is 12.1. The van der Waals surface area contributed by atoms with Crippen molar-refractivity contribution in [3.05, 3.63) is 57.5 Å². The molecule has 0 spiro atoms. The first-order valence-electron chi connectivity index (χ1n) is 5.53. The monoisotopic (exact) mass is 344 g/mol. The molecule has 102 valence electrons.